The molecule has 7 nitrogen and oxygen atoms in total. The number of carbonyl (C=O) groups excluding carboxylic acids is 2. The number of fused-ring (bicyclic) bond motifs is 6. The smallest absolute Gasteiger partial charge is 0.294 e. The second-order valence-corrected chi connectivity index (χ2v) is 11.7. The van der Waals surface area contributed by atoms with Crippen LogP contribution in [0.5, 0.6) is 0 Å². The number of hydrogen-bond donors (Lipinski definition) is 1. The van der Waals surface area contributed by atoms with Crippen LogP contribution in [0.4, 0.5) is 11.4 Å². The highest BCUT2D eigenvalue weighted by molar-refractivity contribution is 6.10. The number of rotatable bonds is 4. The SMILES string of the molecule is O=C(c1ccco1)N1c2ccccc2-c2ccccc2C1c1ccc(C2c3ccccc3-c3ccccc3N2C(=O)c2ccco2)[nH]1. The van der Waals surface area contributed by atoms with Crippen LogP contribution in [-0.2, 0) is 0 Å². The van der Waals surface area contributed by atoms with Crippen LogP contribution in [0.25, 0.3) is 22.3 Å². The summed E-state index contributed by atoms with van der Waals surface area (Å²) in [6.45, 7) is 0. The second-order valence-electron chi connectivity index (χ2n) is 11.7. The van der Waals surface area contributed by atoms with Gasteiger partial charge in [-0.25, -0.2) is 0 Å². The summed E-state index contributed by atoms with van der Waals surface area (Å²) < 4.78 is 11.3. The van der Waals surface area contributed by atoms with E-state index in [1.54, 1.807) is 24.3 Å². The topological polar surface area (TPSA) is 82.7 Å². The lowest BCUT2D eigenvalue weighted by Gasteiger charge is -2.39. The van der Waals surface area contributed by atoms with Gasteiger partial charge < -0.3 is 13.8 Å². The molecule has 0 radical (unpaired) electrons. The quantitative estimate of drug-likeness (QED) is 0.215. The third-order valence-corrected chi connectivity index (χ3v) is 9.16. The monoisotopic (exact) mass is 613 g/mol. The van der Waals surface area contributed by atoms with E-state index in [2.05, 4.69) is 29.2 Å². The third-order valence-electron chi connectivity index (χ3n) is 9.16. The molecule has 4 aromatic carbocycles. The maximum atomic E-state index is 14.3. The fourth-order valence-corrected chi connectivity index (χ4v) is 7.19. The molecule has 2 atom stereocenters. The van der Waals surface area contributed by atoms with Gasteiger partial charge in [0.15, 0.2) is 11.5 Å². The van der Waals surface area contributed by atoms with Crippen molar-refractivity contribution in [2.24, 2.45) is 0 Å². The molecule has 7 heteroatoms. The third kappa shape index (κ3) is 4.13. The normalized spacial score (nSPS) is 16.2. The molecule has 0 aliphatic carbocycles. The Balaban J connectivity index is 1.23. The highest BCUT2D eigenvalue weighted by Gasteiger charge is 2.41. The molecular formula is C40H27N3O4. The molecule has 226 valence electrons. The summed E-state index contributed by atoms with van der Waals surface area (Å²) in [5.74, 6) is 0.0160. The van der Waals surface area contributed by atoms with Gasteiger partial charge in [-0.1, -0.05) is 84.9 Å². The van der Waals surface area contributed by atoms with Crippen molar-refractivity contribution >= 4 is 23.2 Å². The van der Waals surface area contributed by atoms with Gasteiger partial charge in [0, 0.05) is 22.5 Å². The summed E-state index contributed by atoms with van der Waals surface area (Å²) in [5.41, 5.74) is 9.22. The van der Waals surface area contributed by atoms with Crippen LogP contribution in [-0.4, -0.2) is 16.8 Å². The molecule has 0 saturated carbocycles. The van der Waals surface area contributed by atoms with Crippen LogP contribution in [0.1, 0.15) is 55.7 Å². The van der Waals surface area contributed by atoms with Crippen molar-refractivity contribution in [2.45, 2.75) is 12.1 Å². The fraction of sp³-hybridized carbons (Fsp3) is 0.0500. The van der Waals surface area contributed by atoms with E-state index in [4.69, 9.17) is 8.83 Å². The molecule has 2 unspecified atom stereocenters. The van der Waals surface area contributed by atoms with Crippen molar-refractivity contribution in [2.75, 3.05) is 9.80 Å². The highest BCUT2D eigenvalue weighted by atomic mass is 16.3. The van der Waals surface area contributed by atoms with Gasteiger partial charge in [0.2, 0.25) is 0 Å². The zero-order valence-corrected chi connectivity index (χ0v) is 25.0. The predicted molar refractivity (Wildman–Crippen MR) is 179 cm³/mol. The molecule has 1 N–H and O–H groups in total. The van der Waals surface area contributed by atoms with E-state index in [-0.39, 0.29) is 23.3 Å². The average Bonchev–Trinajstić information content (AvgIpc) is 3.94. The van der Waals surface area contributed by atoms with E-state index >= 15 is 0 Å². The van der Waals surface area contributed by atoms with Crippen molar-refractivity contribution in [3.8, 4) is 22.3 Å². The molecule has 47 heavy (non-hydrogen) atoms. The summed E-state index contributed by atoms with van der Waals surface area (Å²) in [7, 11) is 0. The van der Waals surface area contributed by atoms with Crippen LogP contribution in [0, 0.1) is 0 Å². The van der Waals surface area contributed by atoms with E-state index in [1.165, 1.54) is 12.5 Å². The van der Waals surface area contributed by atoms with Gasteiger partial charge in [-0.2, -0.15) is 0 Å². The first-order chi connectivity index (χ1) is 23.2. The molecule has 0 fully saturated rings. The first kappa shape index (κ1) is 27.0. The lowest BCUT2D eigenvalue weighted by Crippen LogP contribution is -2.39. The molecule has 0 saturated heterocycles. The summed E-state index contributed by atoms with van der Waals surface area (Å²) >= 11 is 0. The van der Waals surface area contributed by atoms with E-state index in [9.17, 15) is 9.59 Å². The van der Waals surface area contributed by atoms with Gasteiger partial charge >= 0.3 is 0 Å². The Labute approximate surface area is 270 Å². The number of aromatic nitrogens is 1. The minimum Gasteiger partial charge on any atom is -0.459 e. The minimum atomic E-state index is -0.493. The van der Waals surface area contributed by atoms with Crippen molar-refractivity contribution in [3.63, 3.8) is 0 Å². The first-order valence-corrected chi connectivity index (χ1v) is 15.5. The molecule has 2 amide bonds. The van der Waals surface area contributed by atoms with Gasteiger partial charge in [-0.15, -0.1) is 0 Å². The number of carbonyl (C=O) groups is 2. The van der Waals surface area contributed by atoms with Gasteiger partial charge in [0.1, 0.15) is 12.1 Å². The summed E-state index contributed by atoms with van der Waals surface area (Å²) in [6.07, 6.45) is 3.03. The molecule has 5 heterocycles. The van der Waals surface area contributed by atoms with Crippen LogP contribution < -0.4 is 9.80 Å². The Bertz CT molecular complexity index is 2120. The standard InChI is InChI=1S/C40H27N3O4/c44-39(35-19-9-23-46-35)42-33-17-7-5-13-27(33)25-11-1-3-15-29(25)37(42)31-21-22-32(41-31)38-30-16-4-2-12-26(30)28-14-6-8-18-34(28)43(38)40(45)36-20-10-24-47-36/h1-24,37-38,41H. The Hall–Kier alpha value is -6.34. The average molecular weight is 614 g/mol. The first-order valence-electron chi connectivity index (χ1n) is 15.5. The largest absolute Gasteiger partial charge is 0.459 e. The summed E-state index contributed by atoms with van der Waals surface area (Å²) in [5, 5.41) is 0. The maximum Gasteiger partial charge on any atom is 0.294 e. The molecule has 9 rings (SSSR count). The van der Waals surface area contributed by atoms with E-state index in [0.717, 1.165) is 56.1 Å². The van der Waals surface area contributed by atoms with Crippen molar-refractivity contribution < 1.29 is 18.4 Å². The molecule has 3 aromatic heterocycles. The number of nitrogens with one attached hydrogen (secondary N) is 1. The molecule has 0 spiro atoms. The number of H-pyrrole nitrogens is 1. The zero-order valence-electron chi connectivity index (χ0n) is 25.0. The number of furan rings is 2. The van der Waals surface area contributed by atoms with Crippen LogP contribution >= 0.6 is 0 Å². The number of hydrogen-bond acceptors (Lipinski definition) is 4. The van der Waals surface area contributed by atoms with E-state index < -0.39 is 12.1 Å². The van der Waals surface area contributed by atoms with E-state index in [0.29, 0.717) is 0 Å². The number of para-hydroxylation sites is 2. The number of nitrogens with zero attached hydrogens (tertiary/aromatic N) is 2. The van der Waals surface area contributed by atoms with Crippen molar-refractivity contribution in [1.82, 2.24) is 4.98 Å². The van der Waals surface area contributed by atoms with Crippen LogP contribution in [0.2, 0.25) is 0 Å². The highest BCUT2D eigenvalue weighted by Crippen LogP contribution is 2.50. The summed E-state index contributed by atoms with van der Waals surface area (Å²) in [4.78, 5) is 35.8. The van der Waals surface area contributed by atoms with Gasteiger partial charge in [-0.05, 0) is 70.8 Å². The molecule has 2 aliphatic rings. The van der Waals surface area contributed by atoms with Gasteiger partial charge in [0.25, 0.3) is 11.8 Å². The van der Waals surface area contributed by atoms with Gasteiger partial charge in [-0.3, -0.25) is 19.4 Å². The second kappa shape index (κ2) is 10.6. The number of anilines is 2. The van der Waals surface area contributed by atoms with Crippen LogP contribution in [0.3, 0.4) is 0 Å². The predicted octanol–water partition coefficient (Wildman–Crippen LogP) is 9.03. The maximum absolute atomic E-state index is 14.3. The minimum absolute atomic E-state index is 0.246. The molecule has 2 aliphatic heterocycles. The Morgan fingerprint density at radius 2 is 0.872 bits per heavy atom. The molecular weight excluding hydrogens is 586 g/mol. The number of benzene rings is 4. The van der Waals surface area contributed by atoms with Gasteiger partial charge in [0.05, 0.1) is 23.9 Å². The Morgan fingerprint density at radius 1 is 0.468 bits per heavy atom. The van der Waals surface area contributed by atoms with Crippen molar-refractivity contribution in [3.05, 3.63) is 180 Å². The molecule has 0 bridgehead atoms. The Kier molecular flexibility index (Phi) is 6.11. The molecule has 7 aromatic rings. The fourth-order valence-electron chi connectivity index (χ4n) is 7.19. The number of amides is 2. The zero-order chi connectivity index (χ0) is 31.5. The Morgan fingerprint density at radius 3 is 1.30 bits per heavy atom. The lowest BCUT2D eigenvalue weighted by molar-refractivity contribution is 0.0946. The number of aromatic amines is 1. The lowest BCUT2D eigenvalue weighted by atomic mass is 9.86. The van der Waals surface area contributed by atoms with E-state index in [1.807, 2.05) is 94.7 Å². The van der Waals surface area contributed by atoms with Crippen LogP contribution in [0.15, 0.2) is 155 Å². The summed E-state index contributed by atoms with van der Waals surface area (Å²) in [6, 6.07) is 42.1. The van der Waals surface area contributed by atoms with Crippen molar-refractivity contribution in [1.29, 1.82) is 0 Å².